The van der Waals surface area contributed by atoms with E-state index < -0.39 is 5.97 Å². The topological polar surface area (TPSA) is 72.5 Å². The van der Waals surface area contributed by atoms with Crippen LogP contribution in [-0.4, -0.2) is 30.8 Å². The number of Topliss-reactive ketones (excluding diaryl/α,β-unsaturated/α-hetero) is 1. The van der Waals surface area contributed by atoms with Gasteiger partial charge in [-0.05, 0) is 68.3 Å². The fraction of sp³-hybridized carbons (Fsp3) is 0.609. The highest BCUT2D eigenvalue weighted by atomic mass is 16.5. The number of hydrogen-bond acceptors (Lipinski definition) is 4. The molecule has 150 valence electrons. The molecule has 0 radical (unpaired) electrons. The summed E-state index contributed by atoms with van der Waals surface area (Å²) in [6.07, 6.45) is 7.62. The number of nitrogens with one attached hydrogen (secondary N) is 1. The Kier molecular flexibility index (Phi) is 5.26. The molecule has 0 aliphatic heterocycles. The molecule has 0 heterocycles. The van der Waals surface area contributed by atoms with Crippen molar-refractivity contribution in [3.8, 4) is 0 Å². The Morgan fingerprint density at radius 3 is 2.11 bits per heavy atom. The Balaban J connectivity index is 1.24. The number of esters is 1. The fourth-order valence-electron chi connectivity index (χ4n) is 5.94. The first kappa shape index (κ1) is 19.2. The van der Waals surface area contributed by atoms with Gasteiger partial charge < -0.3 is 10.1 Å². The second-order valence-electron chi connectivity index (χ2n) is 9.01. The SMILES string of the molecule is CCc1ccc(C(=O)COC(=O)CNC(=O)C23CC4CC(CC(C4)C2)C3)cc1. The van der Waals surface area contributed by atoms with Crippen LogP contribution in [0.25, 0.3) is 0 Å². The number of aryl methyl sites for hydroxylation is 1. The lowest BCUT2D eigenvalue weighted by Crippen LogP contribution is -2.54. The lowest BCUT2D eigenvalue weighted by Gasteiger charge is -2.55. The summed E-state index contributed by atoms with van der Waals surface area (Å²) in [5.74, 6) is 1.26. The molecule has 1 aromatic carbocycles. The van der Waals surface area contributed by atoms with Crippen LogP contribution < -0.4 is 5.32 Å². The maximum atomic E-state index is 12.8. The van der Waals surface area contributed by atoms with Crippen LogP contribution in [0, 0.1) is 23.2 Å². The van der Waals surface area contributed by atoms with Gasteiger partial charge in [-0.2, -0.15) is 0 Å². The van der Waals surface area contributed by atoms with Gasteiger partial charge in [-0.15, -0.1) is 0 Å². The molecule has 0 atom stereocenters. The minimum atomic E-state index is -0.559. The molecule has 4 bridgehead atoms. The second-order valence-corrected chi connectivity index (χ2v) is 9.01. The van der Waals surface area contributed by atoms with E-state index in [1.807, 2.05) is 12.1 Å². The van der Waals surface area contributed by atoms with Crippen molar-refractivity contribution in [2.24, 2.45) is 23.2 Å². The van der Waals surface area contributed by atoms with Gasteiger partial charge in [0.15, 0.2) is 12.4 Å². The van der Waals surface area contributed by atoms with E-state index in [0.29, 0.717) is 23.3 Å². The van der Waals surface area contributed by atoms with Gasteiger partial charge in [0.05, 0.1) is 0 Å². The van der Waals surface area contributed by atoms with Crippen molar-refractivity contribution in [2.75, 3.05) is 13.2 Å². The van der Waals surface area contributed by atoms with E-state index in [1.54, 1.807) is 12.1 Å². The van der Waals surface area contributed by atoms with Crippen molar-refractivity contribution in [1.82, 2.24) is 5.32 Å². The first-order chi connectivity index (χ1) is 13.5. The van der Waals surface area contributed by atoms with Gasteiger partial charge in [0.2, 0.25) is 5.91 Å². The molecule has 0 aromatic heterocycles. The Hall–Kier alpha value is -2.17. The molecule has 28 heavy (non-hydrogen) atoms. The molecule has 1 aromatic rings. The summed E-state index contributed by atoms with van der Waals surface area (Å²) in [4.78, 5) is 37.0. The quantitative estimate of drug-likeness (QED) is 0.579. The van der Waals surface area contributed by atoms with E-state index in [4.69, 9.17) is 4.74 Å². The van der Waals surface area contributed by atoms with Crippen molar-refractivity contribution in [2.45, 2.75) is 51.9 Å². The molecule has 0 spiro atoms. The summed E-state index contributed by atoms with van der Waals surface area (Å²) in [7, 11) is 0. The summed E-state index contributed by atoms with van der Waals surface area (Å²) in [6.45, 7) is 1.59. The predicted octanol–water partition coefficient (Wildman–Crippen LogP) is 3.31. The Bertz CT molecular complexity index is 732. The van der Waals surface area contributed by atoms with Crippen molar-refractivity contribution in [1.29, 1.82) is 0 Å². The average molecular weight is 383 g/mol. The minimum absolute atomic E-state index is 0.00466. The summed E-state index contributed by atoms with van der Waals surface area (Å²) in [5.41, 5.74) is 1.41. The second kappa shape index (κ2) is 7.69. The summed E-state index contributed by atoms with van der Waals surface area (Å²) < 4.78 is 5.08. The molecule has 0 unspecified atom stereocenters. The highest BCUT2D eigenvalue weighted by Crippen LogP contribution is 2.60. The van der Waals surface area contributed by atoms with Crippen LogP contribution in [0.15, 0.2) is 24.3 Å². The zero-order valence-corrected chi connectivity index (χ0v) is 16.5. The number of carbonyl (C=O) groups excluding carboxylic acids is 3. The molecule has 4 fully saturated rings. The summed E-state index contributed by atoms with van der Waals surface area (Å²) in [6, 6.07) is 7.31. The van der Waals surface area contributed by atoms with Gasteiger partial charge in [0.1, 0.15) is 6.54 Å². The average Bonchev–Trinajstić information content (AvgIpc) is 2.69. The van der Waals surface area contributed by atoms with Gasteiger partial charge in [-0.1, -0.05) is 31.2 Å². The molecular weight excluding hydrogens is 354 g/mol. The third-order valence-electron chi connectivity index (χ3n) is 6.96. The van der Waals surface area contributed by atoms with E-state index in [9.17, 15) is 14.4 Å². The summed E-state index contributed by atoms with van der Waals surface area (Å²) in [5, 5.41) is 2.79. The van der Waals surface area contributed by atoms with Crippen molar-refractivity contribution >= 4 is 17.7 Å². The van der Waals surface area contributed by atoms with Crippen LogP contribution in [0.3, 0.4) is 0 Å². The molecule has 1 amide bonds. The lowest BCUT2D eigenvalue weighted by atomic mass is 9.49. The molecule has 5 rings (SSSR count). The summed E-state index contributed by atoms with van der Waals surface area (Å²) >= 11 is 0. The van der Waals surface area contributed by atoms with E-state index >= 15 is 0 Å². The smallest absolute Gasteiger partial charge is 0.325 e. The van der Waals surface area contributed by atoms with Crippen molar-refractivity contribution in [3.63, 3.8) is 0 Å². The molecule has 4 saturated carbocycles. The minimum Gasteiger partial charge on any atom is -0.456 e. The number of carbonyl (C=O) groups is 3. The number of ether oxygens (including phenoxy) is 1. The lowest BCUT2D eigenvalue weighted by molar-refractivity contribution is -0.150. The van der Waals surface area contributed by atoms with Crippen molar-refractivity contribution in [3.05, 3.63) is 35.4 Å². The fourth-order valence-corrected chi connectivity index (χ4v) is 5.94. The van der Waals surface area contributed by atoms with Crippen LogP contribution in [0.2, 0.25) is 0 Å². The molecule has 4 aliphatic rings. The van der Waals surface area contributed by atoms with Crippen molar-refractivity contribution < 1.29 is 19.1 Å². The van der Waals surface area contributed by atoms with Crippen LogP contribution in [0.4, 0.5) is 0 Å². The van der Waals surface area contributed by atoms with Crippen LogP contribution in [-0.2, 0) is 20.7 Å². The van der Waals surface area contributed by atoms with Crippen LogP contribution in [0.5, 0.6) is 0 Å². The molecule has 4 aliphatic carbocycles. The van der Waals surface area contributed by atoms with Gasteiger partial charge >= 0.3 is 5.97 Å². The number of rotatable bonds is 7. The first-order valence-electron chi connectivity index (χ1n) is 10.5. The highest BCUT2D eigenvalue weighted by Gasteiger charge is 2.54. The molecule has 5 nitrogen and oxygen atoms in total. The number of benzene rings is 1. The van der Waals surface area contributed by atoms with E-state index in [0.717, 1.165) is 31.2 Å². The maximum Gasteiger partial charge on any atom is 0.325 e. The third-order valence-corrected chi connectivity index (χ3v) is 6.96. The largest absolute Gasteiger partial charge is 0.456 e. The van der Waals surface area contributed by atoms with Gasteiger partial charge in [-0.3, -0.25) is 14.4 Å². The van der Waals surface area contributed by atoms with Crippen LogP contribution >= 0.6 is 0 Å². The normalized spacial score (nSPS) is 30.1. The number of amides is 1. The van der Waals surface area contributed by atoms with Gasteiger partial charge in [-0.25, -0.2) is 0 Å². The van der Waals surface area contributed by atoms with E-state index in [2.05, 4.69) is 12.2 Å². The van der Waals surface area contributed by atoms with E-state index in [-0.39, 0.29) is 30.3 Å². The standard InChI is InChI=1S/C23H29NO4/c1-2-15-3-5-19(6-4-15)20(25)14-28-21(26)13-24-22(27)23-10-16-7-17(11-23)9-18(8-16)12-23/h3-6,16-18H,2,7-14H2,1H3,(H,24,27). The zero-order valence-electron chi connectivity index (χ0n) is 16.5. The Morgan fingerprint density at radius 1 is 1.00 bits per heavy atom. The Morgan fingerprint density at radius 2 is 1.57 bits per heavy atom. The molecule has 1 N–H and O–H groups in total. The number of ketones is 1. The molecule has 0 saturated heterocycles. The highest BCUT2D eigenvalue weighted by molar-refractivity contribution is 5.98. The van der Waals surface area contributed by atoms with Gasteiger partial charge in [0.25, 0.3) is 0 Å². The third kappa shape index (κ3) is 3.85. The van der Waals surface area contributed by atoms with E-state index in [1.165, 1.54) is 19.3 Å². The first-order valence-corrected chi connectivity index (χ1v) is 10.5. The maximum absolute atomic E-state index is 12.8. The van der Waals surface area contributed by atoms with Crippen LogP contribution in [0.1, 0.15) is 61.4 Å². The number of hydrogen-bond donors (Lipinski definition) is 1. The molecular formula is C23H29NO4. The van der Waals surface area contributed by atoms with Gasteiger partial charge in [0, 0.05) is 11.0 Å². The predicted molar refractivity (Wildman–Crippen MR) is 105 cm³/mol. The Labute approximate surface area is 166 Å². The molecule has 5 heteroatoms. The monoisotopic (exact) mass is 383 g/mol. The zero-order chi connectivity index (χ0) is 19.7.